The van der Waals surface area contributed by atoms with Gasteiger partial charge in [-0.05, 0) is 51.8 Å². The molecule has 1 unspecified atom stereocenters. The van der Waals surface area contributed by atoms with Crippen molar-refractivity contribution in [3.63, 3.8) is 0 Å². The van der Waals surface area contributed by atoms with E-state index in [1.54, 1.807) is 11.8 Å². The van der Waals surface area contributed by atoms with E-state index in [9.17, 15) is 4.79 Å². The van der Waals surface area contributed by atoms with Crippen molar-refractivity contribution in [2.24, 2.45) is 5.73 Å². The number of carbonyl (C=O) groups is 1. The van der Waals surface area contributed by atoms with Crippen molar-refractivity contribution in [1.82, 2.24) is 15.0 Å². The van der Waals surface area contributed by atoms with E-state index in [0.29, 0.717) is 23.8 Å². The second-order valence-corrected chi connectivity index (χ2v) is 7.05. The number of rotatable bonds is 3. The lowest BCUT2D eigenvalue weighted by Gasteiger charge is -2.41. The normalized spacial score (nSPS) is 25.9. The Morgan fingerprint density at radius 3 is 2.56 bits per heavy atom. The molecular formula is C18H23N5O2. The number of fused-ring (bicyclic) bond motifs is 2. The molecule has 1 aromatic carbocycles. The number of piperidine rings is 1. The molecule has 2 amide bonds. The Hall–Kier alpha value is -2.41. The summed E-state index contributed by atoms with van der Waals surface area (Å²) in [5.74, 6) is 0.975. The average Bonchev–Trinajstić information content (AvgIpc) is 3.08. The van der Waals surface area contributed by atoms with Gasteiger partial charge in [-0.25, -0.2) is 4.79 Å². The van der Waals surface area contributed by atoms with Crippen molar-refractivity contribution in [3.05, 3.63) is 30.1 Å². The lowest BCUT2D eigenvalue weighted by molar-refractivity contribution is 0.160. The quantitative estimate of drug-likeness (QED) is 0.927. The molecule has 2 aliphatic heterocycles. The van der Waals surface area contributed by atoms with E-state index in [2.05, 4.69) is 22.1 Å². The number of benzene rings is 1. The minimum atomic E-state index is -0.433. The first-order valence-electron chi connectivity index (χ1n) is 8.75. The molecule has 3 heterocycles. The van der Waals surface area contributed by atoms with Gasteiger partial charge in [0.15, 0.2) is 5.82 Å². The van der Waals surface area contributed by atoms with Crippen molar-refractivity contribution < 1.29 is 9.32 Å². The molecule has 2 fully saturated rings. The van der Waals surface area contributed by atoms with Crippen LogP contribution in [-0.4, -0.2) is 46.2 Å². The molecule has 0 aliphatic carbocycles. The van der Waals surface area contributed by atoms with Gasteiger partial charge in [0.05, 0.1) is 11.3 Å². The molecule has 4 rings (SSSR count). The van der Waals surface area contributed by atoms with E-state index in [-0.39, 0.29) is 6.04 Å². The van der Waals surface area contributed by atoms with Gasteiger partial charge in [0.2, 0.25) is 0 Å². The van der Waals surface area contributed by atoms with Crippen LogP contribution in [0.3, 0.4) is 0 Å². The molecule has 132 valence electrons. The number of aryl methyl sites for hydroxylation is 1. The molecule has 3 atom stereocenters. The lowest BCUT2D eigenvalue weighted by Crippen LogP contribution is -2.52. The molecule has 7 nitrogen and oxygen atoms in total. The number of primary amides is 1. The first-order chi connectivity index (χ1) is 12.0. The highest BCUT2D eigenvalue weighted by molar-refractivity contribution is 5.95. The van der Waals surface area contributed by atoms with Crippen molar-refractivity contribution in [1.29, 1.82) is 0 Å². The summed E-state index contributed by atoms with van der Waals surface area (Å²) < 4.78 is 5.33. The maximum atomic E-state index is 12.4. The van der Waals surface area contributed by atoms with Crippen molar-refractivity contribution in [3.8, 4) is 11.5 Å². The van der Waals surface area contributed by atoms with Gasteiger partial charge in [-0.15, -0.1) is 0 Å². The summed E-state index contributed by atoms with van der Waals surface area (Å²) in [6.45, 7) is 1.77. The van der Waals surface area contributed by atoms with Crippen LogP contribution in [0.5, 0.6) is 0 Å². The van der Waals surface area contributed by atoms with Crippen LogP contribution in [-0.2, 0) is 0 Å². The zero-order chi connectivity index (χ0) is 17.6. The maximum Gasteiger partial charge on any atom is 0.319 e. The van der Waals surface area contributed by atoms with Crippen LogP contribution < -0.4 is 10.6 Å². The van der Waals surface area contributed by atoms with Crippen LogP contribution >= 0.6 is 0 Å². The van der Waals surface area contributed by atoms with E-state index in [0.717, 1.165) is 24.1 Å². The molecule has 2 N–H and O–H groups in total. The zero-order valence-electron chi connectivity index (χ0n) is 14.6. The summed E-state index contributed by atoms with van der Waals surface area (Å²) in [5, 5.41) is 3.87. The Kier molecular flexibility index (Phi) is 3.95. The molecule has 2 saturated heterocycles. The molecule has 25 heavy (non-hydrogen) atoms. The second-order valence-electron chi connectivity index (χ2n) is 7.05. The van der Waals surface area contributed by atoms with E-state index >= 15 is 0 Å². The molecule has 0 radical (unpaired) electrons. The van der Waals surface area contributed by atoms with Crippen LogP contribution in [0.25, 0.3) is 11.5 Å². The standard InChI is InChI=1S/C18H23N5O2/c1-11-20-17(25-21-11)15-5-3-4-6-16(15)23(18(19)24)14-9-12-7-8-13(10-14)22(12)2/h3-6,12-14H,7-10H2,1-2H3,(H2,19,24)/t12-,13+,14?. The Bertz CT molecular complexity index is 775. The molecule has 2 aliphatic rings. The summed E-state index contributed by atoms with van der Waals surface area (Å²) in [7, 11) is 2.18. The van der Waals surface area contributed by atoms with Gasteiger partial charge in [0, 0.05) is 18.1 Å². The smallest absolute Gasteiger partial charge is 0.319 e. The highest BCUT2D eigenvalue weighted by Crippen LogP contribution is 2.39. The third kappa shape index (κ3) is 2.78. The average molecular weight is 341 g/mol. The fraction of sp³-hybridized carbons (Fsp3) is 0.500. The predicted molar refractivity (Wildman–Crippen MR) is 94.1 cm³/mol. The van der Waals surface area contributed by atoms with Crippen molar-refractivity contribution in [2.45, 2.75) is 50.7 Å². The van der Waals surface area contributed by atoms with Crippen LogP contribution in [0.1, 0.15) is 31.5 Å². The number of nitrogens with two attached hydrogens (primary N) is 1. The van der Waals surface area contributed by atoms with Gasteiger partial charge in [0.25, 0.3) is 5.89 Å². The van der Waals surface area contributed by atoms with E-state index in [1.165, 1.54) is 12.8 Å². The first-order valence-corrected chi connectivity index (χ1v) is 8.75. The summed E-state index contributed by atoms with van der Waals surface area (Å²) >= 11 is 0. The third-order valence-electron chi connectivity index (χ3n) is 5.60. The van der Waals surface area contributed by atoms with Gasteiger partial charge >= 0.3 is 6.03 Å². The van der Waals surface area contributed by atoms with Crippen LogP contribution in [0.4, 0.5) is 10.5 Å². The Labute approximate surface area is 146 Å². The van der Waals surface area contributed by atoms with E-state index in [4.69, 9.17) is 10.3 Å². The van der Waals surface area contributed by atoms with Crippen molar-refractivity contribution >= 4 is 11.7 Å². The fourth-order valence-corrected chi connectivity index (χ4v) is 4.36. The maximum absolute atomic E-state index is 12.4. The fourth-order valence-electron chi connectivity index (χ4n) is 4.36. The number of hydrogen-bond acceptors (Lipinski definition) is 5. The number of amides is 2. The minimum absolute atomic E-state index is 0.0939. The molecule has 2 bridgehead atoms. The van der Waals surface area contributed by atoms with Gasteiger partial charge in [-0.3, -0.25) is 4.90 Å². The summed E-state index contributed by atoms with van der Waals surface area (Å²) in [5.41, 5.74) is 7.29. The largest absolute Gasteiger partial charge is 0.351 e. The Balaban J connectivity index is 1.72. The lowest BCUT2D eigenvalue weighted by atomic mass is 9.95. The molecular weight excluding hydrogens is 318 g/mol. The number of para-hydroxylation sites is 1. The number of carbonyl (C=O) groups excluding carboxylic acids is 1. The SMILES string of the molecule is Cc1noc(-c2ccccc2N(C(N)=O)C2C[C@H]3CC[C@@H](C2)N3C)n1. The number of aromatic nitrogens is 2. The third-order valence-corrected chi connectivity index (χ3v) is 5.60. The van der Waals surface area contributed by atoms with E-state index < -0.39 is 6.03 Å². The van der Waals surface area contributed by atoms with Crippen LogP contribution in [0.15, 0.2) is 28.8 Å². The topological polar surface area (TPSA) is 88.5 Å². The van der Waals surface area contributed by atoms with Crippen LogP contribution in [0.2, 0.25) is 0 Å². The summed E-state index contributed by atoms with van der Waals surface area (Å²) in [4.78, 5) is 20.9. The highest BCUT2D eigenvalue weighted by atomic mass is 16.5. The minimum Gasteiger partial charge on any atom is -0.351 e. The molecule has 1 aromatic heterocycles. The van der Waals surface area contributed by atoms with Gasteiger partial charge in [-0.1, -0.05) is 17.3 Å². The Morgan fingerprint density at radius 1 is 1.28 bits per heavy atom. The second kappa shape index (κ2) is 6.15. The monoisotopic (exact) mass is 341 g/mol. The molecule has 0 spiro atoms. The van der Waals surface area contributed by atoms with Crippen LogP contribution in [0, 0.1) is 6.92 Å². The Morgan fingerprint density at radius 2 is 1.96 bits per heavy atom. The highest BCUT2D eigenvalue weighted by Gasteiger charge is 2.42. The van der Waals surface area contributed by atoms with Gasteiger partial charge in [-0.2, -0.15) is 4.98 Å². The van der Waals surface area contributed by atoms with E-state index in [1.807, 2.05) is 24.3 Å². The number of anilines is 1. The zero-order valence-corrected chi connectivity index (χ0v) is 14.6. The molecule has 2 aromatic rings. The summed E-state index contributed by atoms with van der Waals surface area (Å²) in [6, 6.07) is 8.29. The van der Waals surface area contributed by atoms with Crippen molar-refractivity contribution in [2.75, 3.05) is 11.9 Å². The number of hydrogen-bond donors (Lipinski definition) is 1. The first kappa shape index (κ1) is 16.1. The van der Waals surface area contributed by atoms with Gasteiger partial charge in [0.1, 0.15) is 0 Å². The molecule has 7 heteroatoms. The predicted octanol–water partition coefficient (Wildman–Crippen LogP) is 2.56. The van der Waals surface area contributed by atoms with Gasteiger partial charge < -0.3 is 15.2 Å². The molecule has 0 saturated carbocycles. The summed E-state index contributed by atoms with van der Waals surface area (Å²) in [6.07, 6.45) is 4.25. The number of urea groups is 1. The number of nitrogens with zero attached hydrogens (tertiary/aromatic N) is 4.